The molecule has 1 fully saturated rings. The summed E-state index contributed by atoms with van der Waals surface area (Å²) in [6.07, 6.45) is 3.49. The number of nitrogens with zero attached hydrogens (tertiary/aromatic N) is 1. The molecule has 1 aromatic heterocycles. The summed E-state index contributed by atoms with van der Waals surface area (Å²) in [7, 11) is 0. The van der Waals surface area contributed by atoms with Gasteiger partial charge in [-0.05, 0) is 31.4 Å². The van der Waals surface area contributed by atoms with Crippen LogP contribution in [0.5, 0.6) is 0 Å². The molecular weight excluding hydrogens is 256 g/mol. The predicted molar refractivity (Wildman–Crippen MR) is 74.3 cm³/mol. The van der Waals surface area contributed by atoms with E-state index in [4.69, 9.17) is 5.11 Å². The summed E-state index contributed by atoms with van der Waals surface area (Å²) in [4.78, 5) is 25.7. The van der Waals surface area contributed by atoms with Crippen LogP contribution < -0.4 is 5.69 Å². The number of aryl methyl sites for hydroxylation is 1. The molecular formula is C15H16N2O3. The highest BCUT2D eigenvalue weighted by Crippen LogP contribution is 2.52. The van der Waals surface area contributed by atoms with Crippen molar-refractivity contribution in [2.75, 3.05) is 0 Å². The standard InChI is InChI=1S/C15H16N2O3/c1-10-9-16-14(20)17(10)12-5-3-2-4-11(12)15(6-7-15)8-13(18)19/h2-5,9H,6-8H2,1H3,(H,16,20)(H,18,19). The smallest absolute Gasteiger partial charge is 0.330 e. The molecule has 0 unspecified atom stereocenters. The third-order valence-corrected chi connectivity index (χ3v) is 4.02. The third kappa shape index (κ3) is 1.95. The molecule has 1 heterocycles. The van der Waals surface area contributed by atoms with E-state index in [2.05, 4.69) is 4.98 Å². The molecule has 2 aromatic rings. The fourth-order valence-corrected chi connectivity index (χ4v) is 2.85. The van der Waals surface area contributed by atoms with Gasteiger partial charge in [0.05, 0.1) is 12.1 Å². The highest BCUT2D eigenvalue weighted by molar-refractivity contribution is 5.71. The van der Waals surface area contributed by atoms with Crippen LogP contribution in [-0.4, -0.2) is 20.6 Å². The number of aromatic nitrogens is 2. The van der Waals surface area contributed by atoms with Crippen molar-refractivity contribution in [2.24, 2.45) is 0 Å². The lowest BCUT2D eigenvalue weighted by atomic mass is 9.91. The highest BCUT2D eigenvalue weighted by atomic mass is 16.4. The molecule has 0 radical (unpaired) electrons. The summed E-state index contributed by atoms with van der Waals surface area (Å²) in [5.41, 5.74) is 2.04. The molecule has 5 nitrogen and oxygen atoms in total. The molecule has 0 bridgehead atoms. The van der Waals surface area contributed by atoms with Crippen molar-refractivity contribution >= 4 is 5.97 Å². The van der Waals surface area contributed by atoms with Gasteiger partial charge in [-0.15, -0.1) is 0 Å². The summed E-state index contributed by atoms with van der Waals surface area (Å²) in [5, 5.41) is 9.11. The van der Waals surface area contributed by atoms with Gasteiger partial charge in [0.15, 0.2) is 0 Å². The maximum atomic E-state index is 12.0. The quantitative estimate of drug-likeness (QED) is 0.893. The van der Waals surface area contributed by atoms with Crippen LogP contribution in [0.1, 0.15) is 30.5 Å². The minimum absolute atomic E-state index is 0.113. The third-order valence-electron chi connectivity index (χ3n) is 4.02. The van der Waals surface area contributed by atoms with Gasteiger partial charge in [-0.2, -0.15) is 0 Å². The van der Waals surface area contributed by atoms with E-state index in [1.54, 1.807) is 10.8 Å². The number of para-hydroxylation sites is 1. The van der Waals surface area contributed by atoms with Gasteiger partial charge in [0.1, 0.15) is 0 Å². The molecule has 0 amide bonds. The first-order chi connectivity index (χ1) is 9.53. The first-order valence-corrected chi connectivity index (χ1v) is 6.62. The number of imidazole rings is 1. The minimum Gasteiger partial charge on any atom is -0.481 e. The number of nitrogens with one attached hydrogen (secondary N) is 1. The Hall–Kier alpha value is -2.30. The average Bonchev–Trinajstić information content (AvgIpc) is 3.09. The van der Waals surface area contributed by atoms with Crippen LogP contribution in [0.25, 0.3) is 5.69 Å². The Kier molecular flexibility index (Phi) is 2.78. The van der Waals surface area contributed by atoms with E-state index in [-0.39, 0.29) is 17.5 Å². The van der Waals surface area contributed by atoms with E-state index in [9.17, 15) is 9.59 Å². The highest BCUT2D eigenvalue weighted by Gasteiger charge is 2.47. The number of carboxylic acid groups (broad SMARTS) is 1. The molecule has 0 spiro atoms. The number of H-pyrrole nitrogens is 1. The number of aliphatic carboxylic acids is 1. The molecule has 0 aliphatic heterocycles. The predicted octanol–water partition coefficient (Wildman–Crippen LogP) is 1.98. The summed E-state index contributed by atoms with van der Waals surface area (Å²) >= 11 is 0. The van der Waals surface area contributed by atoms with E-state index in [1.807, 2.05) is 31.2 Å². The number of carboxylic acids is 1. The zero-order valence-electron chi connectivity index (χ0n) is 11.2. The molecule has 20 heavy (non-hydrogen) atoms. The Bertz CT molecular complexity index is 723. The summed E-state index contributed by atoms with van der Waals surface area (Å²) in [6.45, 7) is 1.85. The molecule has 3 rings (SSSR count). The second-order valence-corrected chi connectivity index (χ2v) is 5.44. The van der Waals surface area contributed by atoms with Gasteiger partial charge in [0, 0.05) is 17.3 Å². The lowest BCUT2D eigenvalue weighted by Gasteiger charge is -2.18. The molecule has 1 aliphatic carbocycles. The molecule has 1 saturated carbocycles. The molecule has 5 heteroatoms. The molecule has 2 N–H and O–H groups in total. The lowest BCUT2D eigenvalue weighted by Crippen LogP contribution is -2.21. The lowest BCUT2D eigenvalue weighted by molar-refractivity contribution is -0.137. The fourth-order valence-electron chi connectivity index (χ4n) is 2.85. The topological polar surface area (TPSA) is 75.1 Å². The van der Waals surface area contributed by atoms with Crippen molar-refractivity contribution in [3.8, 4) is 5.69 Å². The van der Waals surface area contributed by atoms with Crippen LogP contribution in [0, 0.1) is 6.92 Å². The second kappa shape index (κ2) is 4.37. The Morgan fingerprint density at radius 1 is 1.40 bits per heavy atom. The Labute approximate surface area is 115 Å². The maximum absolute atomic E-state index is 12.0. The van der Waals surface area contributed by atoms with E-state index < -0.39 is 5.97 Å². The van der Waals surface area contributed by atoms with E-state index >= 15 is 0 Å². The number of benzene rings is 1. The molecule has 104 valence electrons. The second-order valence-electron chi connectivity index (χ2n) is 5.44. The van der Waals surface area contributed by atoms with E-state index in [1.165, 1.54) is 0 Å². The normalized spacial score (nSPS) is 16.1. The van der Waals surface area contributed by atoms with Crippen molar-refractivity contribution in [3.05, 3.63) is 52.2 Å². The summed E-state index contributed by atoms with van der Waals surface area (Å²) in [5.74, 6) is -0.796. The SMILES string of the molecule is Cc1c[nH]c(=O)n1-c1ccccc1C1(CC(=O)O)CC1. The Morgan fingerprint density at radius 2 is 2.10 bits per heavy atom. The van der Waals surface area contributed by atoms with Crippen molar-refractivity contribution in [1.82, 2.24) is 9.55 Å². The number of hydrogen-bond acceptors (Lipinski definition) is 2. The van der Waals surface area contributed by atoms with Crippen LogP contribution in [0.4, 0.5) is 0 Å². The largest absolute Gasteiger partial charge is 0.481 e. The summed E-state index contributed by atoms with van der Waals surface area (Å²) in [6, 6.07) is 7.58. The zero-order chi connectivity index (χ0) is 14.3. The van der Waals surface area contributed by atoms with Crippen LogP contribution >= 0.6 is 0 Å². The van der Waals surface area contributed by atoms with Crippen molar-refractivity contribution in [3.63, 3.8) is 0 Å². The Balaban J connectivity index is 2.15. The number of hydrogen-bond donors (Lipinski definition) is 2. The minimum atomic E-state index is -0.796. The van der Waals surface area contributed by atoms with Crippen molar-refractivity contribution < 1.29 is 9.90 Å². The van der Waals surface area contributed by atoms with E-state index in [0.717, 1.165) is 29.8 Å². The van der Waals surface area contributed by atoms with Gasteiger partial charge >= 0.3 is 11.7 Å². The van der Waals surface area contributed by atoms with E-state index in [0.29, 0.717) is 0 Å². The zero-order valence-corrected chi connectivity index (χ0v) is 11.2. The monoisotopic (exact) mass is 272 g/mol. The molecule has 0 saturated heterocycles. The number of carbonyl (C=O) groups is 1. The average molecular weight is 272 g/mol. The van der Waals surface area contributed by atoms with Crippen LogP contribution in [-0.2, 0) is 10.2 Å². The van der Waals surface area contributed by atoms with Crippen LogP contribution in [0.15, 0.2) is 35.3 Å². The summed E-state index contributed by atoms with van der Waals surface area (Å²) < 4.78 is 1.61. The van der Waals surface area contributed by atoms with Gasteiger partial charge < -0.3 is 10.1 Å². The van der Waals surface area contributed by atoms with Crippen molar-refractivity contribution in [1.29, 1.82) is 0 Å². The first-order valence-electron chi connectivity index (χ1n) is 6.62. The van der Waals surface area contributed by atoms with Crippen LogP contribution in [0.2, 0.25) is 0 Å². The van der Waals surface area contributed by atoms with Crippen molar-refractivity contribution in [2.45, 2.75) is 31.6 Å². The fraction of sp³-hybridized carbons (Fsp3) is 0.333. The number of aromatic amines is 1. The van der Waals surface area contributed by atoms with Gasteiger partial charge in [-0.3, -0.25) is 9.36 Å². The van der Waals surface area contributed by atoms with Gasteiger partial charge in [0.2, 0.25) is 0 Å². The molecule has 1 aromatic carbocycles. The Morgan fingerprint density at radius 3 is 2.65 bits per heavy atom. The molecule has 0 atom stereocenters. The van der Waals surface area contributed by atoms with Gasteiger partial charge in [-0.25, -0.2) is 4.79 Å². The number of rotatable bonds is 4. The maximum Gasteiger partial charge on any atom is 0.330 e. The molecule has 1 aliphatic rings. The first kappa shape index (κ1) is 12.7. The van der Waals surface area contributed by atoms with Gasteiger partial charge in [0.25, 0.3) is 0 Å². The van der Waals surface area contributed by atoms with Crippen LogP contribution in [0.3, 0.4) is 0 Å². The van der Waals surface area contributed by atoms with Gasteiger partial charge in [-0.1, -0.05) is 18.2 Å².